The van der Waals surface area contributed by atoms with E-state index in [9.17, 15) is 9.50 Å². The molecule has 2 aromatic carbocycles. The summed E-state index contributed by atoms with van der Waals surface area (Å²) in [5.41, 5.74) is 1.60. The normalized spacial score (nSPS) is 25.2. The van der Waals surface area contributed by atoms with Crippen LogP contribution in [-0.2, 0) is 17.8 Å². The SMILES string of the molecule is CN(C)CC1CC(OCc2ccc(F)cc2)CCC1(O)CCc1ccccc1. The van der Waals surface area contributed by atoms with Crippen LogP contribution in [0.2, 0.25) is 0 Å². The maximum atomic E-state index is 13.1. The summed E-state index contributed by atoms with van der Waals surface area (Å²) in [7, 11) is 4.11. The Kier molecular flexibility index (Phi) is 7.22. The van der Waals surface area contributed by atoms with Crippen LogP contribution in [0, 0.1) is 11.7 Å². The summed E-state index contributed by atoms with van der Waals surface area (Å²) in [5.74, 6) is -0.0471. The van der Waals surface area contributed by atoms with Crippen LogP contribution in [0.25, 0.3) is 0 Å². The number of halogens is 1. The van der Waals surface area contributed by atoms with E-state index in [1.807, 2.05) is 6.07 Å². The van der Waals surface area contributed by atoms with E-state index >= 15 is 0 Å². The van der Waals surface area contributed by atoms with Crippen molar-refractivity contribution < 1.29 is 14.2 Å². The zero-order valence-electron chi connectivity index (χ0n) is 17.0. The number of hydrogen-bond donors (Lipinski definition) is 1. The van der Waals surface area contributed by atoms with Crippen molar-refractivity contribution in [3.63, 3.8) is 0 Å². The van der Waals surface area contributed by atoms with Gasteiger partial charge in [-0.1, -0.05) is 42.5 Å². The van der Waals surface area contributed by atoms with Crippen molar-refractivity contribution >= 4 is 0 Å². The Hall–Kier alpha value is -1.75. The van der Waals surface area contributed by atoms with Crippen LogP contribution in [0.4, 0.5) is 4.39 Å². The molecule has 28 heavy (non-hydrogen) atoms. The average molecular weight is 386 g/mol. The lowest BCUT2D eigenvalue weighted by Crippen LogP contribution is -2.49. The summed E-state index contributed by atoms with van der Waals surface area (Å²) >= 11 is 0. The molecule has 0 amide bonds. The quantitative estimate of drug-likeness (QED) is 0.729. The third kappa shape index (κ3) is 5.87. The second kappa shape index (κ2) is 9.64. The Balaban J connectivity index is 1.59. The third-order valence-electron chi connectivity index (χ3n) is 5.88. The number of aryl methyl sites for hydroxylation is 1. The fourth-order valence-electron chi connectivity index (χ4n) is 4.24. The molecule has 0 heterocycles. The first-order valence-corrected chi connectivity index (χ1v) is 10.2. The molecule has 1 fully saturated rings. The Morgan fingerprint density at radius 2 is 1.79 bits per heavy atom. The van der Waals surface area contributed by atoms with Crippen LogP contribution < -0.4 is 0 Å². The molecule has 0 saturated heterocycles. The topological polar surface area (TPSA) is 32.7 Å². The second-order valence-electron chi connectivity index (χ2n) is 8.38. The Morgan fingerprint density at radius 3 is 2.46 bits per heavy atom. The fourth-order valence-corrected chi connectivity index (χ4v) is 4.24. The summed E-state index contributed by atoms with van der Waals surface area (Å²) in [6, 6.07) is 16.9. The van der Waals surface area contributed by atoms with Gasteiger partial charge < -0.3 is 14.7 Å². The molecular formula is C24H32FNO2. The summed E-state index contributed by atoms with van der Waals surface area (Å²) in [6.07, 6.45) is 4.27. The molecule has 3 atom stereocenters. The Bertz CT molecular complexity index is 719. The molecule has 1 saturated carbocycles. The second-order valence-corrected chi connectivity index (χ2v) is 8.38. The minimum Gasteiger partial charge on any atom is -0.390 e. The molecule has 0 spiro atoms. The van der Waals surface area contributed by atoms with E-state index in [0.29, 0.717) is 6.61 Å². The van der Waals surface area contributed by atoms with Crippen LogP contribution in [-0.4, -0.2) is 42.4 Å². The largest absolute Gasteiger partial charge is 0.390 e. The molecule has 1 N–H and O–H groups in total. The molecule has 2 aromatic rings. The lowest BCUT2D eigenvalue weighted by Gasteiger charge is -2.44. The maximum Gasteiger partial charge on any atom is 0.123 e. The molecule has 1 aliphatic carbocycles. The number of hydrogen-bond acceptors (Lipinski definition) is 3. The van der Waals surface area contributed by atoms with Crippen LogP contribution >= 0.6 is 0 Å². The molecule has 0 aromatic heterocycles. The van der Waals surface area contributed by atoms with Crippen LogP contribution in [0.1, 0.15) is 36.8 Å². The van der Waals surface area contributed by atoms with Gasteiger partial charge in [-0.3, -0.25) is 0 Å². The van der Waals surface area contributed by atoms with Gasteiger partial charge in [0.15, 0.2) is 0 Å². The summed E-state index contributed by atoms with van der Waals surface area (Å²) in [6.45, 7) is 1.34. The highest BCUT2D eigenvalue weighted by Crippen LogP contribution is 2.39. The zero-order valence-corrected chi connectivity index (χ0v) is 17.0. The van der Waals surface area contributed by atoms with E-state index in [4.69, 9.17) is 4.74 Å². The highest BCUT2D eigenvalue weighted by atomic mass is 19.1. The van der Waals surface area contributed by atoms with Crippen molar-refractivity contribution in [1.29, 1.82) is 0 Å². The molecule has 4 heteroatoms. The highest BCUT2D eigenvalue weighted by Gasteiger charge is 2.42. The number of aliphatic hydroxyl groups is 1. The van der Waals surface area contributed by atoms with E-state index in [1.165, 1.54) is 17.7 Å². The van der Waals surface area contributed by atoms with Gasteiger partial charge in [-0.05, 0) is 69.5 Å². The lowest BCUT2D eigenvalue weighted by molar-refractivity contribution is -0.109. The van der Waals surface area contributed by atoms with E-state index in [-0.39, 0.29) is 17.8 Å². The van der Waals surface area contributed by atoms with Gasteiger partial charge in [0.05, 0.1) is 18.3 Å². The summed E-state index contributed by atoms with van der Waals surface area (Å²) in [5, 5.41) is 11.5. The van der Waals surface area contributed by atoms with Gasteiger partial charge in [0, 0.05) is 12.5 Å². The third-order valence-corrected chi connectivity index (χ3v) is 5.88. The van der Waals surface area contributed by atoms with Gasteiger partial charge in [-0.2, -0.15) is 0 Å². The lowest BCUT2D eigenvalue weighted by atomic mass is 9.71. The smallest absolute Gasteiger partial charge is 0.123 e. The van der Waals surface area contributed by atoms with Gasteiger partial charge >= 0.3 is 0 Å². The van der Waals surface area contributed by atoms with Crippen molar-refractivity contribution in [2.75, 3.05) is 20.6 Å². The molecule has 3 rings (SSSR count). The van der Waals surface area contributed by atoms with E-state index < -0.39 is 5.60 Å². The molecular weight excluding hydrogens is 353 g/mol. The van der Waals surface area contributed by atoms with Crippen molar-refractivity contribution in [3.05, 3.63) is 71.5 Å². The molecule has 152 valence electrons. The Morgan fingerprint density at radius 1 is 1.07 bits per heavy atom. The van der Waals surface area contributed by atoms with Crippen molar-refractivity contribution in [3.8, 4) is 0 Å². The summed E-state index contributed by atoms with van der Waals surface area (Å²) < 4.78 is 19.2. The highest BCUT2D eigenvalue weighted by molar-refractivity contribution is 5.16. The van der Waals surface area contributed by atoms with Gasteiger partial charge in [0.25, 0.3) is 0 Å². The first kappa shape index (κ1) is 21.0. The van der Waals surface area contributed by atoms with E-state index in [0.717, 1.165) is 44.2 Å². The first-order chi connectivity index (χ1) is 13.4. The predicted molar refractivity (Wildman–Crippen MR) is 111 cm³/mol. The zero-order chi connectivity index (χ0) is 20.0. The molecule has 0 radical (unpaired) electrons. The van der Waals surface area contributed by atoms with Crippen LogP contribution in [0.5, 0.6) is 0 Å². The van der Waals surface area contributed by atoms with Crippen molar-refractivity contribution in [2.24, 2.45) is 5.92 Å². The van der Waals surface area contributed by atoms with Gasteiger partial charge in [-0.15, -0.1) is 0 Å². The molecule has 3 unspecified atom stereocenters. The maximum absolute atomic E-state index is 13.1. The number of rotatable bonds is 8. The minimum absolute atomic E-state index is 0.131. The van der Waals surface area contributed by atoms with E-state index in [1.54, 1.807) is 12.1 Å². The number of nitrogens with zero attached hydrogens (tertiary/aromatic N) is 1. The standard InChI is InChI=1S/C24H32FNO2/c1-26(2)17-21-16-23(28-18-20-8-10-22(25)11-9-20)13-15-24(21,27)14-12-19-6-4-3-5-7-19/h3-11,21,23,27H,12-18H2,1-2H3. The van der Waals surface area contributed by atoms with Crippen molar-refractivity contribution in [1.82, 2.24) is 4.90 Å². The van der Waals surface area contributed by atoms with E-state index in [2.05, 4.69) is 43.3 Å². The minimum atomic E-state index is -0.657. The molecule has 3 nitrogen and oxygen atoms in total. The fraction of sp³-hybridized carbons (Fsp3) is 0.500. The average Bonchev–Trinajstić information content (AvgIpc) is 2.69. The van der Waals surface area contributed by atoms with Crippen LogP contribution in [0.3, 0.4) is 0 Å². The predicted octanol–water partition coefficient (Wildman–Crippen LogP) is 4.44. The van der Waals surface area contributed by atoms with Gasteiger partial charge in [0.1, 0.15) is 5.82 Å². The number of ether oxygens (including phenoxy) is 1. The monoisotopic (exact) mass is 385 g/mol. The van der Waals surface area contributed by atoms with Gasteiger partial charge in [-0.25, -0.2) is 4.39 Å². The van der Waals surface area contributed by atoms with Gasteiger partial charge in [0.2, 0.25) is 0 Å². The first-order valence-electron chi connectivity index (χ1n) is 10.2. The summed E-state index contributed by atoms with van der Waals surface area (Å²) in [4.78, 5) is 2.15. The molecule has 0 bridgehead atoms. The number of benzene rings is 2. The molecule has 1 aliphatic rings. The van der Waals surface area contributed by atoms with Crippen LogP contribution in [0.15, 0.2) is 54.6 Å². The molecule has 0 aliphatic heterocycles. The van der Waals surface area contributed by atoms with Crippen molar-refractivity contribution in [2.45, 2.75) is 50.4 Å². The Labute approximate surface area is 168 Å².